The van der Waals surface area contributed by atoms with E-state index in [0.717, 1.165) is 11.8 Å². The molecule has 0 aromatic carbocycles. The van der Waals surface area contributed by atoms with Gasteiger partial charge in [-0.05, 0) is 42.9 Å². The number of hydrogen-bond acceptors (Lipinski definition) is 1. The highest BCUT2D eigenvalue weighted by Crippen LogP contribution is 2.53. The van der Waals surface area contributed by atoms with E-state index >= 15 is 0 Å². The summed E-state index contributed by atoms with van der Waals surface area (Å²) in [5.41, 5.74) is 0. The zero-order chi connectivity index (χ0) is 9.54. The van der Waals surface area contributed by atoms with Crippen molar-refractivity contribution < 1.29 is 5.11 Å². The first-order valence-electron chi connectivity index (χ1n) is 6.54. The van der Waals surface area contributed by atoms with Crippen LogP contribution in [-0.4, -0.2) is 11.2 Å². The molecule has 1 heteroatoms. The summed E-state index contributed by atoms with van der Waals surface area (Å²) >= 11 is 0. The van der Waals surface area contributed by atoms with E-state index in [1.807, 2.05) is 0 Å². The lowest BCUT2D eigenvalue weighted by molar-refractivity contribution is 0.0174. The lowest BCUT2D eigenvalue weighted by Gasteiger charge is -2.36. The van der Waals surface area contributed by atoms with Crippen molar-refractivity contribution in [2.24, 2.45) is 23.7 Å². The van der Waals surface area contributed by atoms with Gasteiger partial charge in [-0.15, -0.1) is 0 Å². The normalized spacial score (nSPS) is 48.6. The number of hydrogen-bond donors (Lipinski definition) is 1. The quantitative estimate of drug-likeness (QED) is 0.680. The summed E-state index contributed by atoms with van der Waals surface area (Å²) in [6, 6.07) is 0. The smallest absolute Gasteiger partial charge is 0.0601 e. The zero-order valence-electron chi connectivity index (χ0n) is 8.99. The average molecular weight is 194 g/mol. The second-order valence-electron chi connectivity index (χ2n) is 5.80. The third-order valence-electron chi connectivity index (χ3n) is 5.13. The van der Waals surface area contributed by atoms with E-state index in [2.05, 4.69) is 0 Å². The van der Waals surface area contributed by atoms with Gasteiger partial charge in [-0.2, -0.15) is 0 Å². The predicted octanol–water partition coefficient (Wildman–Crippen LogP) is 2.97. The summed E-state index contributed by atoms with van der Waals surface area (Å²) in [6.07, 6.45) is 11.3. The molecule has 0 aliphatic heterocycles. The summed E-state index contributed by atoms with van der Waals surface area (Å²) < 4.78 is 0. The molecule has 0 aromatic rings. The fraction of sp³-hybridized carbons (Fsp3) is 1.00. The van der Waals surface area contributed by atoms with Crippen LogP contribution >= 0.6 is 0 Å². The van der Waals surface area contributed by atoms with Crippen molar-refractivity contribution in [1.29, 1.82) is 0 Å². The first-order chi connectivity index (χ1) is 6.86. The number of aliphatic hydroxyl groups excluding tert-OH is 1. The fourth-order valence-electron chi connectivity index (χ4n) is 4.49. The highest BCUT2D eigenvalue weighted by Gasteiger charge is 2.49. The molecule has 4 atom stereocenters. The van der Waals surface area contributed by atoms with E-state index in [4.69, 9.17) is 0 Å². The molecule has 1 N–H and O–H groups in total. The molecule has 0 amide bonds. The number of rotatable bonds is 1. The Morgan fingerprint density at radius 3 is 2.07 bits per heavy atom. The van der Waals surface area contributed by atoms with Crippen molar-refractivity contribution in [3.8, 4) is 0 Å². The number of fused-ring (bicyclic) bond motifs is 2. The van der Waals surface area contributed by atoms with Gasteiger partial charge >= 0.3 is 0 Å². The minimum Gasteiger partial charge on any atom is -0.393 e. The Hall–Kier alpha value is -0.0400. The molecule has 3 saturated carbocycles. The van der Waals surface area contributed by atoms with Gasteiger partial charge in [0.25, 0.3) is 0 Å². The van der Waals surface area contributed by atoms with Gasteiger partial charge in [-0.3, -0.25) is 0 Å². The van der Waals surface area contributed by atoms with Gasteiger partial charge in [0.15, 0.2) is 0 Å². The zero-order valence-corrected chi connectivity index (χ0v) is 8.99. The van der Waals surface area contributed by atoms with Crippen LogP contribution in [0.15, 0.2) is 0 Å². The van der Waals surface area contributed by atoms with Crippen LogP contribution in [0.1, 0.15) is 51.4 Å². The Morgan fingerprint density at radius 2 is 1.43 bits per heavy atom. The molecule has 3 rings (SSSR count). The predicted molar refractivity (Wildman–Crippen MR) is 56.9 cm³/mol. The standard InChI is InChI=1S/C13H22O/c14-13-11-7-6-10(8-11)12(13)9-4-2-1-3-5-9/h9-14H,1-8H2/t10-,11+,12+,13+/m0/s1. The maximum absolute atomic E-state index is 10.2. The highest BCUT2D eigenvalue weighted by molar-refractivity contribution is 4.99. The summed E-state index contributed by atoms with van der Waals surface area (Å²) in [5, 5.41) is 10.2. The molecule has 0 radical (unpaired) electrons. The maximum Gasteiger partial charge on any atom is 0.0601 e. The van der Waals surface area contributed by atoms with Crippen molar-refractivity contribution in [2.45, 2.75) is 57.5 Å². The molecule has 3 aliphatic rings. The van der Waals surface area contributed by atoms with Crippen LogP contribution in [0.25, 0.3) is 0 Å². The average Bonchev–Trinajstić information content (AvgIpc) is 2.79. The van der Waals surface area contributed by atoms with E-state index in [1.165, 1.54) is 51.4 Å². The van der Waals surface area contributed by atoms with Crippen LogP contribution in [0, 0.1) is 23.7 Å². The maximum atomic E-state index is 10.2. The second-order valence-corrected chi connectivity index (χ2v) is 5.80. The minimum absolute atomic E-state index is 0.0804. The van der Waals surface area contributed by atoms with Gasteiger partial charge in [0.05, 0.1) is 6.10 Å². The van der Waals surface area contributed by atoms with Crippen molar-refractivity contribution >= 4 is 0 Å². The van der Waals surface area contributed by atoms with E-state index in [-0.39, 0.29) is 6.10 Å². The molecule has 3 aliphatic carbocycles. The third kappa shape index (κ3) is 1.32. The molecule has 80 valence electrons. The van der Waals surface area contributed by atoms with Gasteiger partial charge < -0.3 is 5.11 Å². The molecule has 0 spiro atoms. The lowest BCUT2D eigenvalue weighted by Crippen LogP contribution is -2.34. The number of aliphatic hydroxyl groups is 1. The Morgan fingerprint density at radius 1 is 0.714 bits per heavy atom. The van der Waals surface area contributed by atoms with Crippen LogP contribution in [0.2, 0.25) is 0 Å². The Balaban J connectivity index is 1.71. The van der Waals surface area contributed by atoms with Crippen LogP contribution < -0.4 is 0 Å². The molecule has 0 aromatic heterocycles. The molecule has 2 bridgehead atoms. The lowest BCUT2D eigenvalue weighted by atomic mass is 9.71. The molecule has 0 heterocycles. The Kier molecular flexibility index (Phi) is 2.31. The summed E-state index contributed by atoms with van der Waals surface area (Å²) in [5.74, 6) is 3.17. The van der Waals surface area contributed by atoms with E-state index in [0.29, 0.717) is 11.8 Å². The van der Waals surface area contributed by atoms with Gasteiger partial charge in [0, 0.05) is 0 Å². The van der Waals surface area contributed by atoms with Crippen molar-refractivity contribution in [2.75, 3.05) is 0 Å². The molecular formula is C13H22O. The van der Waals surface area contributed by atoms with Crippen LogP contribution in [0.5, 0.6) is 0 Å². The van der Waals surface area contributed by atoms with Crippen LogP contribution in [-0.2, 0) is 0 Å². The molecule has 3 fully saturated rings. The molecular weight excluding hydrogens is 172 g/mol. The van der Waals surface area contributed by atoms with Gasteiger partial charge in [0.2, 0.25) is 0 Å². The molecule has 0 unspecified atom stereocenters. The third-order valence-corrected chi connectivity index (χ3v) is 5.13. The SMILES string of the molecule is O[C@@H]1[C@@H]2CC[C@@H](C2)[C@H]1C1CCCCC1. The van der Waals surface area contributed by atoms with Crippen molar-refractivity contribution in [1.82, 2.24) is 0 Å². The Labute approximate surface area is 86.9 Å². The summed E-state index contributed by atoms with van der Waals surface area (Å²) in [6.45, 7) is 0. The molecule has 0 saturated heterocycles. The topological polar surface area (TPSA) is 20.2 Å². The van der Waals surface area contributed by atoms with Gasteiger partial charge in [0.1, 0.15) is 0 Å². The molecule has 14 heavy (non-hydrogen) atoms. The second kappa shape index (κ2) is 3.52. The monoisotopic (exact) mass is 194 g/mol. The van der Waals surface area contributed by atoms with Gasteiger partial charge in [-0.25, -0.2) is 0 Å². The largest absolute Gasteiger partial charge is 0.393 e. The first-order valence-corrected chi connectivity index (χ1v) is 6.54. The van der Waals surface area contributed by atoms with Crippen molar-refractivity contribution in [3.63, 3.8) is 0 Å². The van der Waals surface area contributed by atoms with Crippen LogP contribution in [0.3, 0.4) is 0 Å². The molecule has 1 nitrogen and oxygen atoms in total. The fourth-order valence-corrected chi connectivity index (χ4v) is 4.49. The van der Waals surface area contributed by atoms with E-state index in [1.54, 1.807) is 0 Å². The minimum atomic E-state index is 0.0804. The Bertz CT molecular complexity index is 205. The first kappa shape index (κ1) is 9.21. The van der Waals surface area contributed by atoms with E-state index < -0.39 is 0 Å². The van der Waals surface area contributed by atoms with Gasteiger partial charge in [-0.1, -0.05) is 32.1 Å². The summed E-state index contributed by atoms with van der Waals surface area (Å²) in [4.78, 5) is 0. The van der Waals surface area contributed by atoms with Crippen molar-refractivity contribution in [3.05, 3.63) is 0 Å². The van der Waals surface area contributed by atoms with Crippen LogP contribution in [0.4, 0.5) is 0 Å². The highest BCUT2D eigenvalue weighted by atomic mass is 16.3. The van der Waals surface area contributed by atoms with E-state index in [9.17, 15) is 5.11 Å². The summed E-state index contributed by atoms with van der Waals surface area (Å²) in [7, 11) is 0.